The lowest BCUT2D eigenvalue weighted by Gasteiger charge is -2.07. The molecule has 0 fully saturated rings. The molecule has 0 aliphatic carbocycles. The monoisotopic (exact) mass is 299 g/mol. The minimum Gasteiger partial charge on any atom is -0.497 e. The first-order valence-electron chi connectivity index (χ1n) is 5.14. The zero-order valence-electron chi connectivity index (χ0n) is 10.1. The number of aromatic nitrogens is 3. The summed E-state index contributed by atoms with van der Waals surface area (Å²) in [6.45, 7) is 0. The Hall–Kier alpha value is -2.69. The first kappa shape index (κ1) is 13.7. The first-order chi connectivity index (χ1) is 9.44. The molecule has 2 aromatic rings. The molecule has 10 nitrogen and oxygen atoms in total. The van der Waals surface area contributed by atoms with Gasteiger partial charge < -0.3 is 4.74 Å². The van der Waals surface area contributed by atoms with Gasteiger partial charge in [0.2, 0.25) is 5.95 Å². The minimum absolute atomic E-state index is 0.143. The molecule has 1 aromatic carbocycles. The number of aromatic amines is 1. The zero-order chi connectivity index (χ0) is 14.8. The quantitative estimate of drug-likeness (QED) is 0.605. The van der Waals surface area contributed by atoms with Gasteiger partial charge >= 0.3 is 0 Å². The van der Waals surface area contributed by atoms with Crippen molar-refractivity contribution in [3.05, 3.63) is 34.6 Å². The Morgan fingerprint density at radius 2 is 2.20 bits per heavy atom. The SMILES string of the molecule is COc1ccc(S(=O)(=O)Nc2ncn[nH]2)c([N+](=O)[O-])c1. The van der Waals surface area contributed by atoms with Gasteiger partial charge in [0, 0.05) is 0 Å². The Kier molecular flexibility index (Phi) is 3.52. The highest BCUT2D eigenvalue weighted by atomic mass is 32.2. The fourth-order valence-electron chi connectivity index (χ4n) is 1.43. The van der Waals surface area contributed by atoms with E-state index in [1.54, 1.807) is 0 Å². The number of sulfonamides is 1. The summed E-state index contributed by atoms with van der Waals surface area (Å²) in [6.07, 6.45) is 1.10. The summed E-state index contributed by atoms with van der Waals surface area (Å²) >= 11 is 0. The molecule has 0 aliphatic heterocycles. The summed E-state index contributed by atoms with van der Waals surface area (Å²) in [6, 6.07) is 3.41. The van der Waals surface area contributed by atoms with Gasteiger partial charge in [0.15, 0.2) is 4.90 Å². The third kappa shape index (κ3) is 2.66. The number of nitrogens with zero attached hydrogens (tertiary/aromatic N) is 3. The second-order valence-electron chi connectivity index (χ2n) is 3.53. The molecule has 0 unspecified atom stereocenters. The van der Waals surface area contributed by atoms with Crippen LogP contribution in [0, 0.1) is 10.1 Å². The van der Waals surface area contributed by atoms with Crippen LogP contribution in [0.3, 0.4) is 0 Å². The Morgan fingerprint density at radius 1 is 1.45 bits per heavy atom. The second-order valence-corrected chi connectivity index (χ2v) is 5.18. The van der Waals surface area contributed by atoms with Crippen LogP contribution in [0.4, 0.5) is 11.6 Å². The molecular formula is C9H9N5O5S. The number of methoxy groups -OCH3 is 1. The van der Waals surface area contributed by atoms with Gasteiger partial charge in [0.05, 0.1) is 18.1 Å². The predicted octanol–water partition coefficient (Wildman–Crippen LogP) is 0.522. The van der Waals surface area contributed by atoms with Crippen LogP contribution in [-0.4, -0.2) is 35.6 Å². The number of benzene rings is 1. The summed E-state index contributed by atoms with van der Waals surface area (Å²) in [4.78, 5) is 13.2. The van der Waals surface area contributed by atoms with E-state index < -0.39 is 25.5 Å². The Balaban J connectivity index is 2.48. The third-order valence-corrected chi connectivity index (χ3v) is 3.68. The Morgan fingerprint density at radius 3 is 2.75 bits per heavy atom. The average Bonchev–Trinajstić information content (AvgIpc) is 2.90. The molecule has 0 saturated heterocycles. The summed E-state index contributed by atoms with van der Waals surface area (Å²) in [5, 5.41) is 16.7. The Bertz CT molecular complexity index is 727. The van der Waals surface area contributed by atoms with Crippen molar-refractivity contribution in [2.24, 2.45) is 0 Å². The van der Waals surface area contributed by atoms with Crippen LogP contribution >= 0.6 is 0 Å². The van der Waals surface area contributed by atoms with Crippen molar-refractivity contribution >= 4 is 21.7 Å². The van der Waals surface area contributed by atoms with Crippen molar-refractivity contribution in [1.82, 2.24) is 15.2 Å². The topological polar surface area (TPSA) is 140 Å². The molecule has 1 aromatic heterocycles. The molecule has 0 atom stereocenters. The number of H-pyrrole nitrogens is 1. The van der Waals surface area contributed by atoms with Crippen LogP contribution in [0.15, 0.2) is 29.4 Å². The van der Waals surface area contributed by atoms with Crippen molar-refractivity contribution in [2.45, 2.75) is 4.90 Å². The van der Waals surface area contributed by atoms with E-state index in [1.807, 2.05) is 4.72 Å². The van der Waals surface area contributed by atoms with Crippen molar-refractivity contribution in [3.63, 3.8) is 0 Å². The van der Waals surface area contributed by atoms with E-state index in [0.29, 0.717) is 0 Å². The highest BCUT2D eigenvalue weighted by Crippen LogP contribution is 2.29. The summed E-state index contributed by atoms with van der Waals surface area (Å²) in [7, 11) is -2.85. The number of anilines is 1. The van der Waals surface area contributed by atoms with Gasteiger partial charge in [-0.05, 0) is 12.1 Å². The van der Waals surface area contributed by atoms with Crippen LogP contribution in [0.5, 0.6) is 5.75 Å². The maximum atomic E-state index is 12.1. The van der Waals surface area contributed by atoms with E-state index in [9.17, 15) is 18.5 Å². The normalized spacial score (nSPS) is 11.1. The molecule has 0 bridgehead atoms. The highest BCUT2D eigenvalue weighted by molar-refractivity contribution is 7.92. The van der Waals surface area contributed by atoms with E-state index in [1.165, 1.54) is 13.2 Å². The largest absolute Gasteiger partial charge is 0.497 e. The van der Waals surface area contributed by atoms with Crippen molar-refractivity contribution in [1.29, 1.82) is 0 Å². The number of hydrogen-bond donors (Lipinski definition) is 2. The van der Waals surface area contributed by atoms with E-state index in [-0.39, 0.29) is 11.7 Å². The van der Waals surface area contributed by atoms with Crippen molar-refractivity contribution < 1.29 is 18.1 Å². The van der Waals surface area contributed by atoms with E-state index in [2.05, 4.69) is 15.2 Å². The lowest BCUT2D eigenvalue weighted by Crippen LogP contribution is -2.15. The number of ether oxygens (including phenoxy) is 1. The van der Waals surface area contributed by atoms with E-state index in [4.69, 9.17) is 4.74 Å². The average molecular weight is 299 g/mol. The van der Waals surface area contributed by atoms with Crippen LogP contribution in [0.2, 0.25) is 0 Å². The predicted molar refractivity (Wildman–Crippen MR) is 66.8 cm³/mol. The van der Waals surface area contributed by atoms with Crippen molar-refractivity contribution in [3.8, 4) is 5.75 Å². The molecule has 2 N–H and O–H groups in total. The minimum atomic E-state index is -4.16. The summed E-state index contributed by atoms with van der Waals surface area (Å²) in [5.74, 6) is 0.0328. The van der Waals surface area contributed by atoms with Gasteiger partial charge in [0.25, 0.3) is 15.7 Å². The number of nitro benzene ring substituents is 1. The lowest BCUT2D eigenvalue weighted by molar-refractivity contribution is -0.387. The molecule has 0 saturated carbocycles. The van der Waals surface area contributed by atoms with Gasteiger partial charge in [-0.15, -0.1) is 0 Å². The van der Waals surface area contributed by atoms with Gasteiger partial charge in [-0.3, -0.25) is 10.1 Å². The number of nitrogens with one attached hydrogen (secondary N) is 2. The van der Waals surface area contributed by atoms with Gasteiger partial charge in [-0.25, -0.2) is 18.2 Å². The molecule has 0 amide bonds. The van der Waals surface area contributed by atoms with Crippen LogP contribution in [-0.2, 0) is 10.0 Å². The molecule has 106 valence electrons. The lowest BCUT2D eigenvalue weighted by atomic mass is 10.3. The van der Waals surface area contributed by atoms with E-state index in [0.717, 1.165) is 18.5 Å². The van der Waals surface area contributed by atoms with Crippen molar-refractivity contribution in [2.75, 3.05) is 11.8 Å². The summed E-state index contributed by atoms with van der Waals surface area (Å²) in [5.41, 5.74) is -0.601. The molecule has 2 rings (SSSR count). The van der Waals surface area contributed by atoms with Gasteiger partial charge in [-0.1, -0.05) is 0 Å². The van der Waals surface area contributed by atoms with Gasteiger partial charge in [-0.2, -0.15) is 10.1 Å². The van der Waals surface area contributed by atoms with Gasteiger partial charge in [0.1, 0.15) is 12.1 Å². The van der Waals surface area contributed by atoms with Crippen LogP contribution < -0.4 is 9.46 Å². The number of nitro groups is 1. The number of rotatable bonds is 5. The molecule has 1 heterocycles. The molecule has 0 spiro atoms. The van der Waals surface area contributed by atoms with Crippen LogP contribution in [0.25, 0.3) is 0 Å². The maximum absolute atomic E-state index is 12.1. The molecule has 11 heteroatoms. The first-order valence-corrected chi connectivity index (χ1v) is 6.63. The summed E-state index contributed by atoms with van der Waals surface area (Å²) < 4.78 is 31.0. The third-order valence-electron chi connectivity index (χ3n) is 2.30. The highest BCUT2D eigenvalue weighted by Gasteiger charge is 2.27. The zero-order valence-corrected chi connectivity index (χ0v) is 10.9. The fourth-order valence-corrected chi connectivity index (χ4v) is 2.55. The molecule has 0 radical (unpaired) electrons. The fraction of sp³-hybridized carbons (Fsp3) is 0.111. The number of hydrogen-bond acceptors (Lipinski definition) is 7. The smallest absolute Gasteiger partial charge is 0.293 e. The maximum Gasteiger partial charge on any atom is 0.293 e. The molecule has 20 heavy (non-hydrogen) atoms. The standard InChI is InChI=1S/C9H9N5O5S/c1-19-6-2-3-8(7(4-6)14(15)16)20(17,18)13-9-10-5-11-12-9/h2-5H,1H3,(H2,10,11,12,13). The Labute approximate surface area is 113 Å². The van der Waals surface area contributed by atoms with E-state index >= 15 is 0 Å². The van der Waals surface area contributed by atoms with Crippen LogP contribution in [0.1, 0.15) is 0 Å². The molecule has 0 aliphatic rings. The molecular weight excluding hydrogens is 290 g/mol. The second kappa shape index (κ2) is 5.13.